The van der Waals surface area contributed by atoms with Gasteiger partial charge in [0, 0.05) is 31.5 Å². The van der Waals surface area contributed by atoms with E-state index in [0.717, 1.165) is 22.4 Å². The topological polar surface area (TPSA) is 67.2 Å². The van der Waals surface area contributed by atoms with Crippen molar-refractivity contribution in [3.63, 3.8) is 0 Å². The summed E-state index contributed by atoms with van der Waals surface area (Å²) in [6.07, 6.45) is 0.344. The maximum Gasteiger partial charge on any atom is 0.240 e. The number of aromatic nitrogens is 2. The van der Waals surface area contributed by atoms with Gasteiger partial charge < -0.3 is 14.8 Å². The molecule has 2 aromatic carbocycles. The Balaban J connectivity index is 1.59. The molecule has 30 heavy (non-hydrogen) atoms. The van der Waals surface area contributed by atoms with Crippen molar-refractivity contribution in [2.75, 3.05) is 6.54 Å². The summed E-state index contributed by atoms with van der Waals surface area (Å²) >= 11 is 0. The smallest absolute Gasteiger partial charge is 0.240 e. The van der Waals surface area contributed by atoms with Gasteiger partial charge in [-0.1, -0.05) is 24.3 Å². The summed E-state index contributed by atoms with van der Waals surface area (Å²) in [5.41, 5.74) is 2.58. The Morgan fingerprint density at radius 1 is 1.20 bits per heavy atom. The normalized spacial score (nSPS) is 16.6. The molecule has 1 atom stereocenters. The van der Waals surface area contributed by atoms with Gasteiger partial charge in [0.15, 0.2) is 0 Å². The second-order valence-corrected chi connectivity index (χ2v) is 8.07. The molecule has 6 nitrogen and oxygen atoms in total. The van der Waals surface area contributed by atoms with Crippen molar-refractivity contribution in [1.82, 2.24) is 19.8 Å². The van der Waals surface area contributed by atoms with Crippen molar-refractivity contribution in [1.29, 1.82) is 0 Å². The molecule has 1 aromatic heterocycles. The van der Waals surface area contributed by atoms with Crippen LogP contribution in [0.1, 0.15) is 37.6 Å². The van der Waals surface area contributed by atoms with Gasteiger partial charge in [-0.2, -0.15) is 0 Å². The van der Waals surface area contributed by atoms with E-state index in [1.54, 1.807) is 17.0 Å². The number of likely N-dealkylation sites (tertiary alicyclic amines) is 1. The SMILES string of the molecule is CC(C)NC(=O)Cn1c([C@H]2CC(=O)N(Cc3ccc(F)cc3)C2)nc2ccccc21. The molecule has 1 fully saturated rings. The van der Waals surface area contributed by atoms with Crippen molar-refractivity contribution in [3.05, 3.63) is 65.7 Å². The van der Waals surface area contributed by atoms with E-state index in [9.17, 15) is 14.0 Å². The largest absolute Gasteiger partial charge is 0.352 e. The molecule has 0 saturated carbocycles. The Labute approximate surface area is 174 Å². The third-order valence-corrected chi connectivity index (χ3v) is 5.30. The number of nitrogens with zero attached hydrogens (tertiary/aromatic N) is 3. The highest BCUT2D eigenvalue weighted by Gasteiger charge is 2.34. The van der Waals surface area contributed by atoms with Crippen LogP contribution in [0.5, 0.6) is 0 Å². The summed E-state index contributed by atoms with van der Waals surface area (Å²) in [7, 11) is 0. The van der Waals surface area contributed by atoms with Crippen LogP contribution in [0.3, 0.4) is 0 Å². The number of halogens is 1. The van der Waals surface area contributed by atoms with Crippen LogP contribution in [-0.4, -0.2) is 38.9 Å². The molecule has 2 amide bonds. The van der Waals surface area contributed by atoms with E-state index in [0.29, 0.717) is 19.5 Å². The number of hydrogen-bond donors (Lipinski definition) is 1. The number of para-hydroxylation sites is 2. The molecule has 1 N–H and O–H groups in total. The van der Waals surface area contributed by atoms with Gasteiger partial charge in [-0.05, 0) is 43.7 Å². The van der Waals surface area contributed by atoms with Gasteiger partial charge in [-0.15, -0.1) is 0 Å². The van der Waals surface area contributed by atoms with Crippen LogP contribution in [-0.2, 0) is 22.7 Å². The van der Waals surface area contributed by atoms with Gasteiger partial charge in [0.25, 0.3) is 0 Å². The zero-order valence-electron chi connectivity index (χ0n) is 17.1. The zero-order valence-corrected chi connectivity index (χ0v) is 17.1. The summed E-state index contributed by atoms with van der Waals surface area (Å²) in [5, 5.41) is 2.92. The summed E-state index contributed by atoms with van der Waals surface area (Å²) in [6.45, 7) is 4.97. The Kier molecular flexibility index (Phi) is 5.53. The first kappa shape index (κ1) is 20.1. The molecule has 2 heterocycles. The fourth-order valence-corrected chi connectivity index (χ4v) is 3.99. The number of rotatable bonds is 6. The molecule has 0 radical (unpaired) electrons. The van der Waals surface area contributed by atoms with E-state index in [4.69, 9.17) is 4.98 Å². The van der Waals surface area contributed by atoms with Crippen LogP contribution < -0.4 is 5.32 Å². The molecule has 3 aromatic rings. The Morgan fingerprint density at radius 2 is 1.93 bits per heavy atom. The van der Waals surface area contributed by atoms with Crippen LogP contribution in [0.15, 0.2) is 48.5 Å². The zero-order chi connectivity index (χ0) is 21.3. The van der Waals surface area contributed by atoms with E-state index < -0.39 is 0 Å². The number of carbonyl (C=O) groups excluding carboxylic acids is 2. The van der Waals surface area contributed by atoms with Gasteiger partial charge in [-0.3, -0.25) is 9.59 Å². The number of amides is 2. The third-order valence-electron chi connectivity index (χ3n) is 5.30. The Morgan fingerprint density at radius 3 is 2.67 bits per heavy atom. The lowest BCUT2D eigenvalue weighted by atomic mass is 10.1. The lowest BCUT2D eigenvalue weighted by molar-refractivity contribution is -0.128. The molecule has 1 aliphatic rings. The number of benzene rings is 2. The fourth-order valence-electron chi connectivity index (χ4n) is 3.99. The van der Waals surface area contributed by atoms with Gasteiger partial charge >= 0.3 is 0 Å². The van der Waals surface area contributed by atoms with Crippen LogP contribution in [0, 0.1) is 5.82 Å². The van der Waals surface area contributed by atoms with Crippen LogP contribution in [0.25, 0.3) is 11.0 Å². The molecule has 0 unspecified atom stereocenters. The average Bonchev–Trinajstić information content (AvgIpc) is 3.24. The minimum atomic E-state index is -0.294. The maximum atomic E-state index is 13.2. The summed E-state index contributed by atoms with van der Waals surface area (Å²) in [4.78, 5) is 31.7. The minimum Gasteiger partial charge on any atom is -0.352 e. The highest BCUT2D eigenvalue weighted by atomic mass is 19.1. The van der Waals surface area contributed by atoms with Crippen LogP contribution in [0.4, 0.5) is 4.39 Å². The minimum absolute atomic E-state index is 0.0366. The maximum absolute atomic E-state index is 13.2. The molecule has 0 spiro atoms. The van der Waals surface area contributed by atoms with Gasteiger partial charge in [0.1, 0.15) is 18.2 Å². The molecule has 0 aliphatic carbocycles. The quantitative estimate of drug-likeness (QED) is 0.681. The average molecular weight is 408 g/mol. The number of imidazole rings is 1. The molecular weight excluding hydrogens is 383 g/mol. The van der Waals surface area contributed by atoms with Crippen molar-refractivity contribution in [2.24, 2.45) is 0 Å². The van der Waals surface area contributed by atoms with Gasteiger partial charge in [0.05, 0.1) is 11.0 Å². The van der Waals surface area contributed by atoms with Crippen molar-refractivity contribution >= 4 is 22.8 Å². The molecule has 156 valence electrons. The van der Waals surface area contributed by atoms with Gasteiger partial charge in [-0.25, -0.2) is 9.37 Å². The standard InChI is InChI=1S/C23H25FN4O2/c1-15(2)25-21(29)14-28-20-6-4-3-5-19(20)26-23(28)17-11-22(30)27(13-17)12-16-7-9-18(24)10-8-16/h3-10,15,17H,11-14H2,1-2H3,(H,25,29)/t17-/m0/s1. The first-order chi connectivity index (χ1) is 14.4. The lowest BCUT2D eigenvalue weighted by Crippen LogP contribution is -2.33. The van der Waals surface area contributed by atoms with Gasteiger partial charge in [0.2, 0.25) is 11.8 Å². The summed E-state index contributed by atoms with van der Waals surface area (Å²) in [6, 6.07) is 14.0. The first-order valence-electron chi connectivity index (χ1n) is 10.2. The lowest BCUT2D eigenvalue weighted by Gasteiger charge is -2.18. The number of hydrogen-bond acceptors (Lipinski definition) is 3. The first-order valence-corrected chi connectivity index (χ1v) is 10.2. The Bertz CT molecular complexity index is 1070. The highest BCUT2D eigenvalue weighted by molar-refractivity contribution is 5.83. The van der Waals surface area contributed by atoms with E-state index >= 15 is 0 Å². The third kappa shape index (κ3) is 4.20. The van der Waals surface area contributed by atoms with E-state index in [1.165, 1.54) is 12.1 Å². The van der Waals surface area contributed by atoms with E-state index in [2.05, 4.69) is 5.32 Å². The molecule has 7 heteroatoms. The fraction of sp³-hybridized carbons (Fsp3) is 0.348. The highest BCUT2D eigenvalue weighted by Crippen LogP contribution is 2.31. The number of fused-ring (bicyclic) bond motifs is 1. The Hall–Kier alpha value is -3.22. The van der Waals surface area contributed by atoms with Crippen molar-refractivity contribution < 1.29 is 14.0 Å². The second-order valence-electron chi connectivity index (χ2n) is 8.07. The van der Waals surface area contributed by atoms with E-state index in [-0.39, 0.29) is 36.1 Å². The monoisotopic (exact) mass is 408 g/mol. The predicted molar refractivity (Wildman–Crippen MR) is 112 cm³/mol. The molecular formula is C23H25FN4O2. The summed E-state index contributed by atoms with van der Waals surface area (Å²) in [5.74, 6) is 0.316. The molecule has 0 bridgehead atoms. The van der Waals surface area contributed by atoms with E-state index in [1.807, 2.05) is 42.7 Å². The second kappa shape index (κ2) is 8.26. The summed E-state index contributed by atoms with van der Waals surface area (Å²) < 4.78 is 15.1. The number of carbonyl (C=O) groups is 2. The van der Waals surface area contributed by atoms with Crippen LogP contribution in [0.2, 0.25) is 0 Å². The van der Waals surface area contributed by atoms with Crippen molar-refractivity contribution in [3.8, 4) is 0 Å². The molecule has 1 aliphatic heterocycles. The molecule has 1 saturated heterocycles. The number of nitrogens with one attached hydrogen (secondary N) is 1. The predicted octanol–water partition coefficient (Wildman–Crippen LogP) is 3.22. The van der Waals surface area contributed by atoms with Crippen LogP contribution >= 0.6 is 0 Å². The molecule has 4 rings (SSSR count). The van der Waals surface area contributed by atoms with Crippen molar-refractivity contribution in [2.45, 2.75) is 45.3 Å².